The van der Waals surface area contributed by atoms with Crippen LogP contribution in [0.2, 0.25) is 0 Å². The average molecular weight is 195 g/mol. The van der Waals surface area contributed by atoms with E-state index < -0.39 is 0 Å². The molecule has 0 aromatic carbocycles. The maximum absolute atomic E-state index is 10.6. The van der Waals surface area contributed by atoms with E-state index in [1.807, 2.05) is 6.08 Å². The zero-order valence-electron chi connectivity index (χ0n) is 8.75. The minimum absolute atomic E-state index is 0.0397. The van der Waals surface area contributed by atoms with Crippen LogP contribution < -0.4 is 5.32 Å². The topological polar surface area (TPSA) is 38.3 Å². The van der Waals surface area contributed by atoms with Gasteiger partial charge in [0.25, 0.3) is 0 Å². The van der Waals surface area contributed by atoms with Crippen LogP contribution in [0.15, 0.2) is 24.0 Å². The number of methoxy groups -OCH3 is 1. The number of carbonyl (C=O) groups excluding carboxylic acids is 1. The molecule has 1 unspecified atom stereocenters. The van der Waals surface area contributed by atoms with E-state index in [1.54, 1.807) is 14.0 Å². The molecule has 1 aliphatic rings. The van der Waals surface area contributed by atoms with Crippen LogP contribution in [-0.4, -0.2) is 19.6 Å². The normalized spacial score (nSPS) is 20.1. The van der Waals surface area contributed by atoms with Crippen molar-refractivity contribution < 1.29 is 9.53 Å². The molecular formula is C11H17NO2. The molecule has 0 radical (unpaired) electrons. The summed E-state index contributed by atoms with van der Waals surface area (Å²) in [5, 5.41) is 2.79. The minimum atomic E-state index is 0.0397. The predicted molar refractivity (Wildman–Crippen MR) is 55.6 cm³/mol. The highest BCUT2D eigenvalue weighted by molar-refractivity contribution is 5.72. The fourth-order valence-electron chi connectivity index (χ4n) is 1.44. The van der Waals surface area contributed by atoms with E-state index >= 15 is 0 Å². The first-order valence-electron chi connectivity index (χ1n) is 4.89. The largest absolute Gasteiger partial charge is 0.497 e. The van der Waals surface area contributed by atoms with Gasteiger partial charge >= 0.3 is 0 Å². The summed E-state index contributed by atoms with van der Waals surface area (Å²) in [5.74, 6) is 1.50. The van der Waals surface area contributed by atoms with Gasteiger partial charge in [-0.15, -0.1) is 0 Å². The Bertz CT molecular complexity index is 256. The van der Waals surface area contributed by atoms with Gasteiger partial charge in [0.15, 0.2) is 0 Å². The zero-order chi connectivity index (χ0) is 10.4. The Kier molecular flexibility index (Phi) is 4.23. The van der Waals surface area contributed by atoms with Gasteiger partial charge < -0.3 is 10.1 Å². The highest BCUT2D eigenvalue weighted by atomic mass is 16.5. The van der Waals surface area contributed by atoms with Gasteiger partial charge in [0.2, 0.25) is 5.91 Å². The van der Waals surface area contributed by atoms with E-state index in [2.05, 4.69) is 17.5 Å². The summed E-state index contributed by atoms with van der Waals surface area (Å²) in [6.07, 6.45) is 8.20. The van der Waals surface area contributed by atoms with Crippen molar-refractivity contribution in [3.8, 4) is 0 Å². The van der Waals surface area contributed by atoms with Crippen molar-refractivity contribution in [3.63, 3.8) is 0 Å². The van der Waals surface area contributed by atoms with Crippen LogP contribution in [0.25, 0.3) is 0 Å². The van der Waals surface area contributed by atoms with E-state index in [-0.39, 0.29) is 5.91 Å². The lowest BCUT2D eigenvalue weighted by Gasteiger charge is -2.15. The molecular weight excluding hydrogens is 178 g/mol. The molecule has 0 saturated carbocycles. The van der Waals surface area contributed by atoms with Gasteiger partial charge in [-0.2, -0.15) is 0 Å². The highest BCUT2D eigenvalue weighted by Gasteiger charge is 2.08. The fraction of sp³-hybridized carbons (Fsp3) is 0.545. The third kappa shape index (κ3) is 3.64. The first-order chi connectivity index (χ1) is 6.72. The number of hydrogen-bond donors (Lipinski definition) is 1. The van der Waals surface area contributed by atoms with Gasteiger partial charge in [0.05, 0.1) is 7.11 Å². The maximum atomic E-state index is 10.6. The first-order valence-corrected chi connectivity index (χ1v) is 4.89. The molecule has 1 N–H and O–H groups in total. The first kappa shape index (κ1) is 10.8. The standard InChI is InChI=1S/C11H17NO2/c1-9(13)12-8-7-10-3-5-11(14-2)6-4-10/h3,5-6,10H,4,7-8H2,1-2H3,(H,12,13). The van der Waals surface area contributed by atoms with Crippen molar-refractivity contribution in [1.29, 1.82) is 0 Å². The molecule has 0 fully saturated rings. The van der Waals surface area contributed by atoms with Crippen molar-refractivity contribution >= 4 is 5.91 Å². The van der Waals surface area contributed by atoms with Gasteiger partial charge in [-0.05, 0) is 30.9 Å². The molecule has 1 amide bonds. The molecule has 0 aromatic heterocycles. The summed E-state index contributed by atoms with van der Waals surface area (Å²) in [5.41, 5.74) is 0. The Hall–Kier alpha value is -1.25. The SMILES string of the molecule is COC1=CCC(CCNC(C)=O)C=C1. The Balaban J connectivity index is 2.21. The summed E-state index contributed by atoms with van der Waals surface area (Å²) in [6, 6.07) is 0. The summed E-state index contributed by atoms with van der Waals surface area (Å²) in [7, 11) is 1.67. The molecule has 0 aliphatic heterocycles. The summed E-state index contributed by atoms with van der Waals surface area (Å²) < 4.78 is 5.09. The number of hydrogen-bond acceptors (Lipinski definition) is 2. The minimum Gasteiger partial charge on any atom is -0.497 e. The number of ether oxygens (including phenoxy) is 1. The average Bonchev–Trinajstić information content (AvgIpc) is 2.18. The maximum Gasteiger partial charge on any atom is 0.216 e. The number of amides is 1. The van der Waals surface area contributed by atoms with Crippen molar-refractivity contribution in [2.45, 2.75) is 19.8 Å². The van der Waals surface area contributed by atoms with Crippen LogP contribution in [-0.2, 0) is 9.53 Å². The Labute approximate surface area is 84.8 Å². The van der Waals surface area contributed by atoms with Crippen LogP contribution >= 0.6 is 0 Å². The van der Waals surface area contributed by atoms with Crippen LogP contribution in [0.5, 0.6) is 0 Å². The number of carbonyl (C=O) groups is 1. The van der Waals surface area contributed by atoms with Crippen LogP contribution in [0, 0.1) is 5.92 Å². The molecule has 3 nitrogen and oxygen atoms in total. The third-order valence-electron chi connectivity index (χ3n) is 2.28. The molecule has 3 heteroatoms. The molecule has 0 bridgehead atoms. The highest BCUT2D eigenvalue weighted by Crippen LogP contribution is 2.18. The Morgan fingerprint density at radius 3 is 3.00 bits per heavy atom. The zero-order valence-corrected chi connectivity index (χ0v) is 8.75. The fourth-order valence-corrected chi connectivity index (χ4v) is 1.44. The third-order valence-corrected chi connectivity index (χ3v) is 2.28. The van der Waals surface area contributed by atoms with Crippen molar-refractivity contribution in [2.24, 2.45) is 5.92 Å². The number of allylic oxidation sites excluding steroid dienone is 3. The molecule has 0 aromatic rings. The molecule has 0 spiro atoms. The van der Waals surface area contributed by atoms with E-state index in [9.17, 15) is 4.79 Å². The van der Waals surface area contributed by atoms with Gasteiger partial charge in [-0.25, -0.2) is 0 Å². The molecule has 78 valence electrons. The van der Waals surface area contributed by atoms with Crippen molar-refractivity contribution in [2.75, 3.05) is 13.7 Å². The second-order valence-electron chi connectivity index (χ2n) is 3.44. The molecule has 1 aliphatic carbocycles. The van der Waals surface area contributed by atoms with Crippen molar-refractivity contribution in [3.05, 3.63) is 24.0 Å². The lowest BCUT2D eigenvalue weighted by atomic mass is 9.97. The summed E-state index contributed by atoms with van der Waals surface area (Å²) in [4.78, 5) is 10.6. The van der Waals surface area contributed by atoms with Gasteiger partial charge in [-0.1, -0.05) is 6.08 Å². The van der Waals surface area contributed by atoms with Crippen LogP contribution in [0.1, 0.15) is 19.8 Å². The van der Waals surface area contributed by atoms with E-state index in [0.717, 1.165) is 25.1 Å². The molecule has 0 saturated heterocycles. The van der Waals surface area contributed by atoms with Crippen LogP contribution in [0.3, 0.4) is 0 Å². The monoisotopic (exact) mass is 195 g/mol. The Morgan fingerprint density at radius 1 is 1.71 bits per heavy atom. The molecule has 14 heavy (non-hydrogen) atoms. The second-order valence-corrected chi connectivity index (χ2v) is 3.44. The van der Waals surface area contributed by atoms with E-state index in [1.165, 1.54) is 0 Å². The molecule has 0 heterocycles. The lowest BCUT2D eigenvalue weighted by molar-refractivity contribution is -0.118. The van der Waals surface area contributed by atoms with Gasteiger partial charge in [0, 0.05) is 13.5 Å². The Morgan fingerprint density at radius 2 is 2.50 bits per heavy atom. The van der Waals surface area contributed by atoms with Crippen LogP contribution in [0.4, 0.5) is 0 Å². The van der Waals surface area contributed by atoms with E-state index in [0.29, 0.717) is 5.92 Å². The second kappa shape index (κ2) is 5.47. The van der Waals surface area contributed by atoms with Gasteiger partial charge in [0.1, 0.15) is 5.76 Å². The molecule has 1 atom stereocenters. The lowest BCUT2D eigenvalue weighted by Crippen LogP contribution is -2.22. The molecule has 1 rings (SSSR count). The quantitative estimate of drug-likeness (QED) is 0.740. The number of rotatable bonds is 4. The summed E-state index contributed by atoms with van der Waals surface area (Å²) in [6.45, 7) is 2.29. The number of nitrogens with one attached hydrogen (secondary N) is 1. The smallest absolute Gasteiger partial charge is 0.216 e. The van der Waals surface area contributed by atoms with Gasteiger partial charge in [-0.3, -0.25) is 4.79 Å². The van der Waals surface area contributed by atoms with Crippen molar-refractivity contribution in [1.82, 2.24) is 5.32 Å². The summed E-state index contributed by atoms with van der Waals surface area (Å²) >= 11 is 0. The van der Waals surface area contributed by atoms with E-state index in [4.69, 9.17) is 4.74 Å². The predicted octanol–water partition coefficient (Wildman–Crippen LogP) is 1.62.